The number of carbonyl (C=O) groups is 3. The summed E-state index contributed by atoms with van der Waals surface area (Å²) in [6.45, 7) is 8.91. The largest absolute Gasteiger partial charge is 0.353 e. The Bertz CT molecular complexity index is 2900. The fourth-order valence-corrected chi connectivity index (χ4v) is 24.9. The van der Waals surface area contributed by atoms with Gasteiger partial charge in [0.15, 0.2) is 0 Å². The summed E-state index contributed by atoms with van der Waals surface area (Å²) in [5.74, 6) is 4.28. The molecule has 17 fully saturated rings. The molecule has 17 aliphatic rings. The van der Waals surface area contributed by atoms with E-state index in [1.807, 2.05) is 0 Å². The zero-order chi connectivity index (χ0) is 52.0. The number of nitrogens with one attached hydrogen (secondary N) is 4. The van der Waals surface area contributed by atoms with Crippen LogP contribution < -0.4 is 21.3 Å². The van der Waals surface area contributed by atoms with Crippen LogP contribution >= 0.6 is 0 Å². The van der Waals surface area contributed by atoms with Crippen molar-refractivity contribution in [3.05, 3.63) is 107 Å². The van der Waals surface area contributed by atoms with E-state index in [0.29, 0.717) is 53.4 Å². The van der Waals surface area contributed by atoms with Crippen LogP contribution in [0.5, 0.6) is 0 Å². The predicted octanol–water partition coefficient (Wildman–Crippen LogP) is 9.74. The van der Waals surface area contributed by atoms with E-state index >= 15 is 9.59 Å². The van der Waals surface area contributed by atoms with E-state index in [1.165, 1.54) is 85.6 Å². The van der Waals surface area contributed by atoms with Crippen LogP contribution in [-0.2, 0) is 41.5 Å². The Balaban J connectivity index is 0.701. The maximum absolute atomic E-state index is 15.5. The molecule has 5 saturated heterocycles. The van der Waals surface area contributed by atoms with Gasteiger partial charge in [-0.15, -0.1) is 0 Å². The first kappa shape index (κ1) is 48.6. The Labute approximate surface area is 464 Å². The molecule has 4 N–H and O–H groups in total. The topological polar surface area (TPSA) is 106 Å². The van der Waals surface area contributed by atoms with E-state index < -0.39 is 5.41 Å². The van der Waals surface area contributed by atoms with Gasteiger partial charge in [-0.05, 0) is 258 Å². The molecule has 0 aromatic heterocycles. The van der Waals surface area contributed by atoms with Crippen molar-refractivity contribution in [3.8, 4) is 0 Å². The van der Waals surface area contributed by atoms with Gasteiger partial charge in [-0.25, -0.2) is 0 Å². The summed E-state index contributed by atoms with van der Waals surface area (Å²) in [5, 5.41) is 14.7. The second-order valence-electron chi connectivity index (χ2n) is 31.5. The number of piperidine rings is 1. The number of rotatable bonds is 9. The molecule has 3 aromatic rings. The van der Waals surface area contributed by atoms with Crippen LogP contribution in [0.3, 0.4) is 0 Å². The summed E-state index contributed by atoms with van der Waals surface area (Å²) in [4.78, 5) is 50.4. The fourth-order valence-electron chi connectivity index (χ4n) is 24.9. The summed E-state index contributed by atoms with van der Waals surface area (Å²) in [6, 6.07) is 32.6. The van der Waals surface area contributed by atoms with Gasteiger partial charge in [0.05, 0.1) is 16.2 Å². The highest BCUT2D eigenvalue weighted by Gasteiger charge is 2.70. The van der Waals surface area contributed by atoms with Crippen molar-refractivity contribution in [1.82, 2.24) is 31.1 Å². The molecular formula is C69H88N6O3. The molecule has 1 spiro atoms. The maximum atomic E-state index is 15.5. The maximum Gasteiger partial charge on any atom is 0.228 e. The van der Waals surface area contributed by atoms with Crippen molar-refractivity contribution >= 4 is 17.7 Å². The SMILES string of the molecule is O=C(NC1CCNCC1)C12CC3CC(c4ccc(C56CC7CC(CC(C(=O)N8CC9CCNC9C8)(C7)C5)C6)cc4)(C1)CC(c1ccc(C45CC6CC(C(=O)N7CCC8(CCNC8)C7)(CC(c7ccccc7)(C6)C4)C5)cc1)(C3)C2. The third kappa shape index (κ3) is 7.09. The number of hydrogen-bond donors (Lipinski definition) is 4. The second kappa shape index (κ2) is 16.8. The minimum atomic E-state index is -0.394. The van der Waals surface area contributed by atoms with E-state index in [9.17, 15) is 4.79 Å². The highest BCUT2D eigenvalue weighted by atomic mass is 16.2. The van der Waals surface area contributed by atoms with E-state index in [-0.39, 0.29) is 49.4 Å². The summed E-state index contributed by atoms with van der Waals surface area (Å²) >= 11 is 0. The first-order chi connectivity index (χ1) is 37.8. The van der Waals surface area contributed by atoms with E-state index in [1.54, 1.807) is 0 Å². The third-order valence-electron chi connectivity index (χ3n) is 26.6. The number of hydrogen-bond acceptors (Lipinski definition) is 6. The van der Waals surface area contributed by atoms with Gasteiger partial charge in [0.25, 0.3) is 0 Å². The van der Waals surface area contributed by atoms with Gasteiger partial charge in [-0.2, -0.15) is 0 Å². The summed E-state index contributed by atoms with van der Waals surface area (Å²) in [6.07, 6.45) is 25.5. The molecular weight excluding hydrogens is 961 g/mol. The van der Waals surface area contributed by atoms with Crippen molar-refractivity contribution in [2.24, 2.45) is 51.2 Å². The average molecular weight is 1050 g/mol. The van der Waals surface area contributed by atoms with Crippen molar-refractivity contribution in [2.45, 2.75) is 187 Å². The van der Waals surface area contributed by atoms with Gasteiger partial charge in [0.2, 0.25) is 17.7 Å². The standard InChI is InChI=1S/C69H88N6O3/c76-58(73-56-15-19-70-20-16-56)68-33-48-29-64(40-68,53-8-6-52(7-9-53)62-25-46-24-47(26-62)28-63(27-46,37-62)59(77)75-35-50-14-21-72-57(50)36-75)38-65(30-48,41-68)54-10-12-55(13-11-54)67-32-49-31-66(39-67,51-4-2-1-3-5-51)42-69(34-49,43-67)60(78)74-23-18-61(45-74)17-22-71-44-61/h1-13,46-50,56-57,70-72H,14-45H2,(H,73,76). The van der Waals surface area contributed by atoms with Gasteiger partial charge in [0, 0.05) is 50.2 Å². The first-order valence-corrected chi connectivity index (χ1v) is 32.1. The normalized spacial score (nSPS) is 46.2. The van der Waals surface area contributed by atoms with Crippen molar-refractivity contribution in [3.63, 3.8) is 0 Å². The molecule has 12 bridgehead atoms. The van der Waals surface area contributed by atoms with Crippen molar-refractivity contribution in [2.75, 3.05) is 58.9 Å². The zero-order valence-electron chi connectivity index (χ0n) is 46.8. The zero-order valence-corrected chi connectivity index (χ0v) is 46.8. The van der Waals surface area contributed by atoms with Gasteiger partial charge in [-0.1, -0.05) is 78.9 Å². The van der Waals surface area contributed by atoms with E-state index in [2.05, 4.69) is 110 Å². The number of amides is 3. The molecule has 78 heavy (non-hydrogen) atoms. The van der Waals surface area contributed by atoms with Crippen LogP contribution in [0.25, 0.3) is 0 Å². The number of fused-ring (bicyclic) bond motifs is 1. The molecule has 12 saturated carbocycles. The van der Waals surface area contributed by atoms with Crippen molar-refractivity contribution in [1.29, 1.82) is 0 Å². The smallest absolute Gasteiger partial charge is 0.228 e. The molecule has 3 amide bonds. The summed E-state index contributed by atoms with van der Waals surface area (Å²) in [7, 11) is 0. The second-order valence-corrected chi connectivity index (χ2v) is 31.5. The monoisotopic (exact) mass is 1050 g/mol. The summed E-state index contributed by atoms with van der Waals surface area (Å²) < 4.78 is 0. The van der Waals surface area contributed by atoms with Crippen LogP contribution in [0, 0.1) is 51.2 Å². The first-order valence-electron chi connectivity index (χ1n) is 32.1. The Kier molecular flexibility index (Phi) is 10.5. The minimum Gasteiger partial charge on any atom is -0.353 e. The summed E-state index contributed by atoms with van der Waals surface area (Å²) in [5.41, 5.74) is 6.60. The lowest BCUT2D eigenvalue weighted by Crippen LogP contribution is -2.65. The predicted molar refractivity (Wildman–Crippen MR) is 304 cm³/mol. The molecule has 5 heterocycles. The number of likely N-dealkylation sites (tertiary alicyclic amines) is 2. The molecule has 412 valence electrons. The van der Waals surface area contributed by atoms with Gasteiger partial charge in [0.1, 0.15) is 0 Å². The Morgan fingerprint density at radius 3 is 1.59 bits per heavy atom. The number of nitrogens with zero attached hydrogens (tertiary/aromatic N) is 2. The van der Waals surface area contributed by atoms with Crippen LogP contribution in [-0.4, -0.2) is 98.5 Å². The van der Waals surface area contributed by atoms with Gasteiger partial charge >= 0.3 is 0 Å². The molecule has 13 atom stereocenters. The lowest BCUT2D eigenvalue weighted by atomic mass is 9.36. The average Bonchev–Trinajstić information content (AvgIpc) is 4.42. The lowest BCUT2D eigenvalue weighted by molar-refractivity contribution is -0.163. The molecule has 5 aliphatic heterocycles. The van der Waals surface area contributed by atoms with Crippen LogP contribution in [0.1, 0.15) is 175 Å². The quantitative estimate of drug-likeness (QED) is 0.170. The third-order valence-corrected chi connectivity index (χ3v) is 26.6. The number of benzene rings is 3. The lowest BCUT2D eigenvalue weighted by Gasteiger charge is -2.67. The molecule has 20 rings (SSSR count). The van der Waals surface area contributed by atoms with E-state index in [4.69, 9.17) is 0 Å². The highest BCUT2D eigenvalue weighted by molar-refractivity contribution is 5.86. The van der Waals surface area contributed by atoms with Gasteiger partial charge in [-0.3, -0.25) is 14.4 Å². The van der Waals surface area contributed by atoms with Crippen LogP contribution in [0.15, 0.2) is 78.9 Å². The molecule has 12 aliphatic carbocycles. The minimum absolute atomic E-state index is 0.0105. The van der Waals surface area contributed by atoms with Crippen molar-refractivity contribution < 1.29 is 14.4 Å². The van der Waals surface area contributed by atoms with Crippen LogP contribution in [0.4, 0.5) is 0 Å². The van der Waals surface area contributed by atoms with Gasteiger partial charge < -0.3 is 31.1 Å². The number of carbonyl (C=O) groups excluding carboxylic acids is 3. The molecule has 3 aromatic carbocycles. The Hall–Kier alpha value is -4.05. The van der Waals surface area contributed by atoms with Crippen LogP contribution in [0.2, 0.25) is 0 Å². The molecule has 9 nitrogen and oxygen atoms in total. The Morgan fingerprint density at radius 2 is 1.00 bits per heavy atom. The molecule has 0 radical (unpaired) electrons. The molecule has 9 heteroatoms. The Morgan fingerprint density at radius 1 is 0.474 bits per heavy atom. The fraction of sp³-hybridized carbons (Fsp3) is 0.696. The molecule has 13 unspecified atom stereocenters. The highest BCUT2D eigenvalue weighted by Crippen LogP contribution is 2.74. The van der Waals surface area contributed by atoms with E-state index in [0.717, 1.165) is 149 Å².